The van der Waals surface area contributed by atoms with Crippen LogP contribution in [0, 0.1) is 6.92 Å². The molecule has 0 aliphatic heterocycles. The third-order valence-corrected chi connectivity index (χ3v) is 4.65. The molecule has 0 fully saturated rings. The van der Waals surface area contributed by atoms with Crippen LogP contribution in [-0.4, -0.2) is 23.2 Å². The molecule has 2 rings (SSSR count). The number of aromatic nitrogens is 3. The van der Waals surface area contributed by atoms with Gasteiger partial charge in [0.2, 0.25) is 0 Å². The number of nitrogens with zero attached hydrogens (tertiary/aromatic N) is 3. The molecule has 0 aromatic carbocycles. The lowest BCUT2D eigenvalue weighted by Crippen LogP contribution is -2.13. The molecule has 0 aliphatic rings. The van der Waals surface area contributed by atoms with E-state index >= 15 is 0 Å². The summed E-state index contributed by atoms with van der Waals surface area (Å²) in [5.74, 6) is 0.282. The van der Waals surface area contributed by atoms with Gasteiger partial charge in [0, 0.05) is 17.2 Å². The van der Waals surface area contributed by atoms with Gasteiger partial charge in [-0.25, -0.2) is 13.4 Å². The fourth-order valence-corrected chi connectivity index (χ4v) is 2.63. The molecule has 0 bridgehead atoms. The topological polar surface area (TPSA) is 76.9 Å². The lowest BCUT2D eigenvalue weighted by Gasteiger charge is -2.06. The second-order valence-corrected chi connectivity index (χ2v) is 6.44. The quantitative estimate of drug-likeness (QED) is 0.921. The Hall–Kier alpha value is -1.41. The van der Waals surface area contributed by atoms with Gasteiger partial charge in [0.25, 0.3) is 10.0 Å². The average Bonchev–Trinajstić information content (AvgIpc) is 2.83. The van der Waals surface area contributed by atoms with Crippen LogP contribution >= 0.6 is 15.9 Å². The molecule has 2 heterocycles. The fraction of sp³-hybridized carbons (Fsp3) is 0.273. The Morgan fingerprint density at radius 1 is 1.42 bits per heavy atom. The van der Waals surface area contributed by atoms with Crippen molar-refractivity contribution < 1.29 is 8.42 Å². The van der Waals surface area contributed by atoms with E-state index in [0.29, 0.717) is 12.2 Å². The summed E-state index contributed by atoms with van der Waals surface area (Å²) in [5.41, 5.74) is 0.712. The molecule has 0 saturated carbocycles. The number of anilines is 1. The van der Waals surface area contributed by atoms with Crippen molar-refractivity contribution in [2.75, 3.05) is 4.72 Å². The minimum Gasteiger partial charge on any atom is -0.272 e. The van der Waals surface area contributed by atoms with Gasteiger partial charge in [0.15, 0.2) is 0 Å². The third-order valence-electron chi connectivity index (χ3n) is 2.50. The zero-order valence-corrected chi connectivity index (χ0v) is 12.9. The molecule has 102 valence electrons. The van der Waals surface area contributed by atoms with Crippen LogP contribution in [0.3, 0.4) is 0 Å². The van der Waals surface area contributed by atoms with Crippen molar-refractivity contribution in [3.8, 4) is 0 Å². The second kappa shape index (κ2) is 5.30. The van der Waals surface area contributed by atoms with Crippen molar-refractivity contribution in [2.24, 2.45) is 0 Å². The first-order chi connectivity index (χ1) is 8.92. The van der Waals surface area contributed by atoms with Gasteiger partial charge in [-0.15, -0.1) is 0 Å². The molecule has 2 aromatic rings. The van der Waals surface area contributed by atoms with E-state index in [4.69, 9.17) is 0 Å². The molecular weight excluding hydrogens is 332 g/mol. The zero-order chi connectivity index (χ0) is 14.0. The van der Waals surface area contributed by atoms with Crippen LogP contribution < -0.4 is 4.72 Å². The van der Waals surface area contributed by atoms with Gasteiger partial charge in [0.1, 0.15) is 10.7 Å². The maximum atomic E-state index is 12.1. The summed E-state index contributed by atoms with van der Waals surface area (Å²) in [7, 11) is -3.64. The van der Waals surface area contributed by atoms with Crippen molar-refractivity contribution >= 4 is 31.8 Å². The molecule has 8 heteroatoms. The molecule has 0 saturated heterocycles. The van der Waals surface area contributed by atoms with Crippen LogP contribution in [0.5, 0.6) is 0 Å². The predicted molar refractivity (Wildman–Crippen MR) is 75.4 cm³/mol. The molecule has 0 radical (unpaired) electrons. The van der Waals surface area contributed by atoms with Crippen LogP contribution in [0.1, 0.15) is 12.6 Å². The third kappa shape index (κ3) is 3.13. The van der Waals surface area contributed by atoms with E-state index in [-0.39, 0.29) is 10.7 Å². The summed E-state index contributed by atoms with van der Waals surface area (Å²) in [6.45, 7) is 4.29. The Bertz CT molecular complexity index is 696. The Kier molecular flexibility index (Phi) is 3.91. The first-order valence-corrected chi connectivity index (χ1v) is 7.88. The van der Waals surface area contributed by atoms with Gasteiger partial charge in [-0.05, 0) is 41.9 Å². The van der Waals surface area contributed by atoms with Gasteiger partial charge in [0.05, 0.1) is 11.9 Å². The highest BCUT2D eigenvalue weighted by Crippen LogP contribution is 2.18. The summed E-state index contributed by atoms with van der Waals surface area (Å²) in [6.07, 6.45) is 2.80. The van der Waals surface area contributed by atoms with E-state index in [2.05, 4.69) is 30.7 Å². The Morgan fingerprint density at radius 2 is 2.16 bits per heavy atom. The molecule has 1 N–H and O–H groups in total. The number of sulfonamides is 1. The summed E-state index contributed by atoms with van der Waals surface area (Å²) in [5, 5.41) is 3.94. The average molecular weight is 345 g/mol. The van der Waals surface area contributed by atoms with Crippen LogP contribution in [-0.2, 0) is 16.6 Å². The van der Waals surface area contributed by atoms with Gasteiger partial charge in [-0.1, -0.05) is 0 Å². The summed E-state index contributed by atoms with van der Waals surface area (Å²) >= 11 is 3.31. The van der Waals surface area contributed by atoms with Crippen molar-refractivity contribution in [1.82, 2.24) is 14.8 Å². The number of hydrogen-bond donors (Lipinski definition) is 1. The van der Waals surface area contributed by atoms with Crippen molar-refractivity contribution in [1.29, 1.82) is 0 Å². The maximum absolute atomic E-state index is 12.1. The van der Waals surface area contributed by atoms with E-state index in [1.54, 1.807) is 23.7 Å². The molecule has 0 aliphatic carbocycles. The van der Waals surface area contributed by atoms with Crippen LogP contribution in [0.25, 0.3) is 0 Å². The maximum Gasteiger partial charge on any atom is 0.266 e. The number of nitrogens with one attached hydrogen (secondary N) is 1. The normalized spacial score (nSPS) is 11.5. The first-order valence-electron chi connectivity index (χ1n) is 5.61. The Labute approximate surface area is 120 Å². The largest absolute Gasteiger partial charge is 0.272 e. The number of aryl methyl sites for hydroxylation is 2. The van der Waals surface area contributed by atoms with E-state index in [1.807, 2.05) is 6.92 Å². The first kappa shape index (κ1) is 14.0. The fourth-order valence-electron chi connectivity index (χ4n) is 1.45. The molecule has 2 aromatic heterocycles. The van der Waals surface area contributed by atoms with E-state index in [0.717, 1.165) is 4.47 Å². The number of pyridine rings is 1. The number of halogens is 1. The number of hydrogen-bond acceptors (Lipinski definition) is 4. The van der Waals surface area contributed by atoms with Gasteiger partial charge in [-0.3, -0.25) is 9.40 Å². The van der Waals surface area contributed by atoms with Crippen molar-refractivity contribution in [2.45, 2.75) is 25.3 Å². The van der Waals surface area contributed by atoms with Crippen LogP contribution in [0.15, 0.2) is 33.9 Å². The van der Waals surface area contributed by atoms with Gasteiger partial charge in [-0.2, -0.15) is 5.10 Å². The minimum atomic E-state index is -3.64. The van der Waals surface area contributed by atoms with E-state index in [9.17, 15) is 8.42 Å². The second-order valence-electron chi connectivity index (χ2n) is 3.90. The van der Waals surface area contributed by atoms with Crippen molar-refractivity contribution in [3.05, 3.63) is 34.7 Å². The highest BCUT2D eigenvalue weighted by Gasteiger charge is 2.17. The summed E-state index contributed by atoms with van der Waals surface area (Å²) in [6, 6.07) is 3.34. The zero-order valence-electron chi connectivity index (χ0n) is 10.5. The number of rotatable bonds is 4. The molecular formula is C11H13BrN4O2S. The molecule has 0 atom stereocenters. The van der Waals surface area contributed by atoms with E-state index < -0.39 is 10.0 Å². The Morgan fingerprint density at radius 3 is 2.74 bits per heavy atom. The standard InChI is InChI=1S/C11H13BrN4O2S/c1-3-16-7-9(6-13-16)19(17,18)15-11-5-4-10(12)8(2)14-11/h4-7H,3H2,1-2H3,(H,14,15). The molecule has 0 amide bonds. The Balaban J connectivity index is 2.28. The van der Waals surface area contributed by atoms with Crippen molar-refractivity contribution in [3.63, 3.8) is 0 Å². The van der Waals surface area contributed by atoms with Gasteiger partial charge >= 0.3 is 0 Å². The SMILES string of the molecule is CCn1cc(S(=O)(=O)Nc2ccc(Br)c(C)n2)cn1. The van der Waals surface area contributed by atoms with Crippen LogP contribution in [0.2, 0.25) is 0 Å². The summed E-state index contributed by atoms with van der Waals surface area (Å²) in [4.78, 5) is 4.27. The highest BCUT2D eigenvalue weighted by atomic mass is 79.9. The lowest BCUT2D eigenvalue weighted by molar-refractivity contribution is 0.600. The minimum absolute atomic E-state index is 0.122. The monoisotopic (exact) mass is 344 g/mol. The van der Waals surface area contributed by atoms with E-state index in [1.165, 1.54) is 12.4 Å². The predicted octanol–water partition coefficient (Wildman–Crippen LogP) is 2.17. The smallest absolute Gasteiger partial charge is 0.266 e. The molecule has 0 unspecified atom stereocenters. The molecule has 6 nitrogen and oxygen atoms in total. The van der Waals surface area contributed by atoms with Crippen LogP contribution in [0.4, 0.5) is 5.82 Å². The molecule has 19 heavy (non-hydrogen) atoms. The van der Waals surface area contributed by atoms with Gasteiger partial charge < -0.3 is 0 Å². The highest BCUT2D eigenvalue weighted by molar-refractivity contribution is 9.10. The summed E-state index contributed by atoms with van der Waals surface area (Å²) < 4.78 is 29.0. The lowest BCUT2D eigenvalue weighted by atomic mass is 10.4. The molecule has 0 spiro atoms.